The molecule has 0 aliphatic heterocycles. The molecule has 0 atom stereocenters. The minimum absolute atomic E-state index is 1.00. The first-order chi connectivity index (χ1) is 8.83. The first-order valence-electron chi connectivity index (χ1n) is 5.84. The van der Waals surface area contributed by atoms with Crippen molar-refractivity contribution < 1.29 is 0 Å². The summed E-state index contributed by atoms with van der Waals surface area (Å²) in [7, 11) is 0. The highest BCUT2D eigenvalue weighted by molar-refractivity contribution is 8.00. The Morgan fingerprint density at radius 1 is 1.17 bits per heavy atom. The van der Waals surface area contributed by atoms with Crippen molar-refractivity contribution in [2.45, 2.75) is 16.9 Å². The smallest absolute Gasteiger partial charge is 0.0708 e. The summed E-state index contributed by atoms with van der Waals surface area (Å²) in [5.41, 5.74) is 3.56. The third-order valence-corrected chi connectivity index (χ3v) is 4.97. The Morgan fingerprint density at radius 3 is 2.89 bits per heavy atom. The number of pyridine rings is 1. The predicted molar refractivity (Wildman–Crippen MR) is 80.4 cm³/mol. The van der Waals surface area contributed by atoms with E-state index in [4.69, 9.17) is 0 Å². The molecule has 1 aromatic carbocycles. The van der Waals surface area contributed by atoms with E-state index in [9.17, 15) is 0 Å². The molecule has 0 N–H and O–H groups in total. The zero-order chi connectivity index (χ0) is 12.4. The molecule has 1 nitrogen and oxygen atoms in total. The fraction of sp³-hybridized carbons (Fsp3) is 0.133. The van der Waals surface area contributed by atoms with Crippen molar-refractivity contribution in [2.24, 2.45) is 0 Å². The van der Waals surface area contributed by atoms with Crippen molar-refractivity contribution in [3.8, 4) is 0 Å². The Bertz CT molecular complexity index is 659. The number of hydrogen-bond donors (Lipinski definition) is 0. The number of thiophene rings is 1. The van der Waals surface area contributed by atoms with Crippen molar-refractivity contribution in [2.75, 3.05) is 0 Å². The van der Waals surface area contributed by atoms with E-state index in [1.807, 2.05) is 17.8 Å². The van der Waals surface area contributed by atoms with E-state index in [0.717, 1.165) is 17.0 Å². The normalized spacial score (nSPS) is 10.9. The number of nitrogens with zero attached hydrogens (tertiary/aromatic N) is 1. The van der Waals surface area contributed by atoms with Gasteiger partial charge in [0.25, 0.3) is 0 Å². The molecule has 2 aromatic heterocycles. The third kappa shape index (κ3) is 2.42. The van der Waals surface area contributed by atoms with Gasteiger partial charge in [-0.25, -0.2) is 0 Å². The van der Waals surface area contributed by atoms with E-state index in [1.165, 1.54) is 15.2 Å². The summed E-state index contributed by atoms with van der Waals surface area (Å²) in [6.45, 7) is 2.06. The first-order valence-corrected chi connectivity index (χ1v) is 7.71. The Kier molecular flexibility index (Phi) is 3.35. The van der Waals surface area contributed by atoms with Crippen LogP contribution in [-0.4, -0.2) is 4.98 Å². The molecule has 0 radical (unpaired) electrons. The van der Waals surface area contributed by atoms with Gasteiger partial charge in [-0.1, -0.05) is 24.3 Å². The number of benzene rings is 1. The summed E-state index contributed by atoms with van der Waals surface area (Å²) in [6.07, 6.45) is 0. The molecule has 0 aliphatic rings. The molecule has 18 heavy (non-hydrogen) atoms. The van der Waals surface area contributed by atoms with Crippen LogP contribution in [0.1, 0.15) is 11.3 Å². The molecule has 0 aliphatic carbocycles. The summed E-state index contributed by atoms with van der Waals surface area (Å²) in [5, 5.41) is 3.39. The second kappa shape index (κ2) is 5.12. The Balaban J connectivity index is 1.95. The second-order valence-corrected chi connectivity index (χ2v) is 6.38. The van der Waals surface area contributed by atoms with Crippen LogP contribution in [-0.2, 0) is 5.75 Å². The molecule has 0 fully saturated rings. The molecule has 3 aromatic rings. The lowest BCUT2D eigenvalue weighted by Crippen LogP contribution is -1.90. The van der Waals surface area contributed by atoms with E-state index >= 15 is 0 Å². The molecule has 2 heterocycles. The molecule has 0 unspecified atom stereocenters. The molecule has 90 valence electrons. The molecule has 3 heteroatoms. The van der Waals surface area contributed by atoms with E-state index < -0.39 is 0 Å². The van der Waals surface area contributed by atoms with Gasteiger partial charge < -0.3 is 0 Å². The number of thioether (sulfide) groups is 1. The lowest BCUT2D eigenvalue weighted by molar-refractivity contribution is 1.23. The minimum Gasteiger partial charge on any atom is -0.253 e. The van der Waals surface area contributed by atoms with Gasteiger partial charge in [0.1, 0.15) is 0 Å². The number of aromatic nitrogens is 1. The summed E-state index contributed by atoms with van der Waals surface area (Å²) in [5.74, 6) is 1.00. The second-order valence-electron chi connectivity index (χ2n) is 4.16. The van der Waals surface area contributed by atoms with E-state index in [1.54, 1.807) is 11.3 Å². The highest BCUT2D eigenvalue weighted by Gasteiger charge is 2.04. The van der Waals surface area contributed by atoms with Crippen molar-refractivity contribution >= 4 is 34.0 Å². The highest BCUT2D eigenvalue weighted by atomic mass is 32.2. The fourth-order valence-electron chi connectivity index (χ4n) is 2.01. The van der Waals surface area contributed by atoms with Crippen molar-refractivity contribution in [1.82, 2.24) is 4.98 Å². The number of para-hydroxylation sites is 1. The minimum atomic E-state index is 1.00. The third-order valence-electron chi connectivity index (χ3n) is 2.79. The van der Waals surface area contributed by atoms with Gasteiger partial charge in [0.2, 0.25) is 0 Å². The van der Waals surface area contributed by atoms with Crippen LogP contribution in [0.4, 0.5) is 0 Å². The van der Waals surface area contributed by atoms with Crippen LogP contribution >= 0.6 is 23.1 Å². The standard InChI is InChI=1S/C15H13NS2/c1-11-9-12(10-18-15-7-4-8-17-15)13-5-2-3-6-14(13)16-11/h2-9H,10H2,1H3. The average molecular weight is 271 g/mol. The van der Waals surface area contributed by atoms with E-state index in [0.29, 0.717) is 0 Å². The molecule has 0 bridgehead atoms. The molecule has 0 spiro atoms. The molecule has 0 saturated carbocycles. The Hall–Kier alpha value is -1.32. The maximum atomic E-state index is 4.57. The van der Waals surface area contributed by atoms with Gasteiger partial charge in [-0.05, 0) is 36.1 Å². The van der Waals surface area contributed by atoms with Crippen LogP contribution < -0.4 is 0 Å². The Morgan fingerprint density at radius 2 is 2.06 bits per heavy atom. The SMILES string of the molecule is Cc1cc(CSc2cccs2)c2ccccc2n1. The molecular formula is C15H13NS2. The average Bonchev–Trinajstić information content (AvgIpc) is 2.89. The summed E-state index contributed by atoms with van der Waals surface area (Å²) in [4.78, 5) is 4.57. The van der Waals surface area contributed by atoms with Crippen LogP contribution in [0.15, 0.2) is 52.1 Å². The van der Waals surface area contributed by atoms with Gasteiger partial charge in [-0.15, -0.1) is 23.1 Å². The van der Waals surface area contributed by atoms with Gasteiger partial charge in [0.05, 0.1) is 9.73 Å². The molecular weight excluding hydrogens is 258 g/mol. The summed E-state index contributed by atoms with van der Waals surface area (Å²) >= 11 is 3.69. The lowest BCUT2D eigenvalue weighted by Gasteiger charge is -2.06. The summed E-state index contributed by atoms with van der Waals surface area (Å²) in [6, 6.07) is 14.8. The fourth-order valence-corrected chi connectivity index (χ4v) is 3.78. The monoisotopic (exact) mass is 271 g/mol. The maximum Gasteiger partial charge on any atom is 0.0708 e. The van der Waals surface area contributed by atoms with E-state index in [-0.39, 0.29) is 0 Å². The number of rotatable bonds is 3. The lowest BCUT2D eigenvalue weighted by atomic mass is 10.1. The summed E-state index contributed by atoms with van der Waals surface area (Å²) < 4.78 is 1.37. The number of aryl methyl sites for hydroxylation is 1. The van der Waals surface area contributed by atoms with Crippen LogP contribution in [0, 0.1) is 6.92 Å². The van der Waals surface area contributed by atoms with Crippen LogP contribution in [0.25, 0.3) is 10.9 Å². The van der Waals surface area contributed by atoms with Crippen molar-refractivity contribution in [3.05, 3.63) is 59.1 Å². The maximum absolute atomic E-state index is 4.57. The quantitative estimate of drug-likeness (QED) is 0.629. The zero-order valence-corrected chi connectivity index (χ0v) is 11.7. The van der Waals surface area contributed by atoms with Gasteiger partial charge >= 0.3 is 0 Å². The predicted octanol–water partition coefficient (Wildman–Crippen LogP) is 4.90. The van der Waals surface area contributed by atoms with Gasteiger partial charge in [-0.3, -0.25) is 4.98 Å². The highest BCUT2D eigenvalue weighted by Crippen LogP contribution is 2.29. The van der Waals surface area contributed by atoms with Gasteiger partial charge in [0, 0.05) is 16.8 Å². The van der Waals surface area contributed by atoms with E-state index in [2.05, 4.69) is 53.7 Å². The van der Waals surface area contributed by atoms with Crippen LogP contribution in [0.2, 0.25) is 0 Å². The van der Waals surface area contributed by atoms with Crippen LogP contribution in [0.5, 0.6) is 0 Å². The molecule has 0 saturated heterocycles. The topological polar surface area (TPSA) is 12.9 Å². The van der Waals surface area contributed by atoms with Gasteiger partial charge in [0.15, 0.2) is 0 Å². The van der Waals surface area contributed by atoms with Crippen molar-refractivity contribution in [3.63, 3.8) is 0 Å². The molecule has 0 amide bonds. The van der Waals surface area contributed by atoms with Crippen LogP contribution in [0.3, 0.4) is 0 Å². The number of fused-ring (bicyclic) bond motifs is 1. The number of hydrogen-bond acceptors (Lipinski definition) is 3. The Labute approximate surface area is 115 Å². The largest absolute Gasteiger partial charge is 0.253 e. The van der Waals surface area contributed by atoms with Crippen molar-refractivity contribution in [1.29, 1.82) is 0 Å². The van der Waals surface area contributed by atoms with Gasteiger partial charge in [-0.2, -0.15) is 0 Å². The molecule has 3 rings (SSSR count). The first kappa shape index (κ1) is 11.8. The zero-order valence-electron chi connectivity index (χ0n) is 10.1.